The van der Waals surface area contributed by atoms with Crippen molar-refractivity contribution in [3.05, 3.63) is 69.8 Å². The molecule has 0 atom stereocenters. The molecule has 0 heterocycles. The van der Waals surface area contributed by atoms with E-state index in [1.165, 1.54) is 6.07 Å². The third-order valence-corrected chi connectivity index (χ3v) is 4.34. The monoisotopic (exact) mass is 540 g/mol. The van der Waals surface area contributed by atoms with Crippen molar-refractivity contribution in [2.45, 2.75) is 6.42 Å². The van der Waals surface area contributed by atoms with Crippen molar-refractivity contribution >= 4 is 47.2 Å². The van der Waals surface area contributed by atoms with E-state index < -0.39 is 4.92 Å². The van der Waals surface area contributed by atoms with Gasteiger partial charge in [0.15, 0.2) is 5.96 Å². The first-order chi connectivity index (χ1) is 14.4. The van der Waals surface area contributed by atoms with Gasteiger partial charge in [0.2, 0.25) is 0 Å². The van der Waals surface area contributed by atoms with Crippen molar-refractivity contribution in [1.29, 1.82) is 0 Å². The number of halogens is 1. The van der Waals surface area contributed by atoms with Gasteiger partial charge in [-0.3, -0.25) is 19.9 Å². The number of nitrogens with zero attached hydrogens (tertiary/aromatic N) is 3. The highest BCUT2D eigenvalue weighted by Gasteiger charge is 2.11. The Hall–Kier alpha value is -2.89. The van der Waals surface area contributed by atoms with Crippen LogP contribution in [0.2, 0.25) is 0 Å². The number of hydrogen-bond donors (Lipinski definition) is 3. The molecular formula is C21H29IN6O3. The second-order valence-corrected chi connectivity index (χ2v) is 6.78. The number of hydrogen-bond acceptors (Lipinski definition) is 5. The van der Waals surface area contributed by atoms with E-state index in [0.717, 1.165) is 12.0 Å². The van der Waals surface area contributed by atoms with E-state index in [9.17, 15) is 14.9 Å². The van der Waals surface area contributed by atoms with Crippen LogP contribution >= 0.6 is 24.0 Å². The van der Waals surface area contributed by atoms with E-state index in [0.29, 0.717) is 36.8 Å². The number of benzene rings is 2. The number of nitrogens with one attached hydrogen (secondary N) is 3. The fourth-order valence-electron chi connectivity index (χ4n) is 2.82. The molecule has 0 unspecified atom stereocenters. The minimum Gasteiger partial charge on any atom is -0.378 e. The molecule has 2 rings (SSSR count). The van der Waals surface area contributed by atoms with E-state index in [1.54, 1.807) is 44.2 Å². The zero-order valence-corrected chi connectivity index (χ0v) is 20.3. The molecule has 2 aromatic rings. The number of aliphatic imine (C=N–C) groups is 1. The van der Waals surface area contributed by atoms with Crippen LogP contribution in [0.1, 0.15) is 15.9 Å². The molecule has 0 saturated carbocycles. The molecule has 0 fully saturated rings. The minimum atomic E-state index is -0.405. The van der Waals surface area contributed by atoms with Gasteiger partial charge in [0.1, 0.15) is 5.69 Å². The molecule has 0 bridgehead atoms. The third kappa shape index (κ3) is 8.40. The Balaban J connectivity index is 0.00000480. The quantitative estimate of drug-likeness (QED) is 0.113. The standard InChI is InChI=1S/C21H28N6O3.HI/c1-22-21(25-14-13-23-18-9-4-5-10-19(18)27(29)30)24-12-11-16-7-6-8-17(15-16)20(28)26(2)3;/h4-10,15,23H,11-14H2,1-3H3,(H2,22,24,25);1H. The average molecular weight is 540 g/mol. The Morgan fingerprint density at radius 1 is 1.06 bits per heavy atom. The van der Waals surface area contributed by atoms with Crippen molar-refractivity contribution in [3.63, 3.8) is 0 Å². The number of rotatable bonds is 9. The molecule has 168 valence electrons. The molecule has 9 nitrogen and oxygen atoms in total. The van der Waals surface area contributed by atoms with Crippen LogP contribution in [0.5, 0.6) is 0 Å². The van der Waals surface area contributed by atoms with Gasteiger partial charge >= 0.3 is 0 Å². The molecule has 0 radical (unpaired) electrons. The van der Waals surface area contributed by atoms with Gasteiger partial charge < -0.3 is 20.9 Å². The van der Waals surface area contributed by atoms with Gasteiger partial charge in [-0.15, -0.1) is 24.0 Å². The predicted molar refractivity (Wildman–Crippen MR) is 135 cm³/mol. The number of carbonyl (C=O) groups is 1. The molecule has 0 aliphatic carbocycles. The molecule has 10 heteroatoms. The molecule has 2 aromatic carbocycles. The van der Waals surface area contributed by atoms with Crippen LogP contribution in [0.3, 0.4) is 0 Å². The van der Waals surface area contributed by atoms with Crippen molar-refractivity contribution in [2.24, 2.45) is 4.99 Å². The number of nitro benzene ring substituents is 1. The van der Waals surface area contributed by atoms with Gasteiger partial charge in [-0.25, -0.2) is 0 Å². The molecule has 1 amide bonds. The summed E-state index contributed by atoms with van der Waals surface area (Å²) < 4.78 is 0. The van der Waals surface area contributed by atoms with Gasteiger partial charge in [0.25, 0.3) is 11.6 Å². The number of carbonyl (C=O) groups excluding carboxylic acids is 1. The van der Waals surface area contributed by atoms with Crippen molar-refractivity contribution in [1.82, 2.24) is 15.5 Å². The summed E-state index contributed by atoms with van der Waals surface area (Å²) in [5, 5.41) is 20.5. The van der Waals surface area contributed by atoms with Crippen molar-refractivity contribution < 1.29 is 9.72 Å². The normalized spacial score (nSPS) is 10.6. The zero-order chi connectivity index (χ0) is 21.9. The van der Waals surface area contributed by atoms with Gasteiger partial charge in [-0.2, -0.15) is 0 Å². The number of para-hydroxylation sites is 2. The van der Waals surface area contributed by atoms with Crippen LogP contribution in [-0.2, 0) is 6.42 Å². The first-order valence-corrected chi connectivity index (χ1v) is 9.64. The summed E-state index contributed by atoms with van der Waals surface area (Å²) in [5.41, 5.74) is 2.26. The van der Waals surface area contributed by atoms with Crippen LogP contribution in [0.25, 0.3) is 0 Å². The van der Waals surface area contributed by atoms with Crippen LogP contribution in [0.15, 0.2) is 53.5 Å². The zero-order valence-electron chi connectivity index (χ0n) is 17.9. The highest BCUT2D eigenvalue weighted by atomic mass is 127. The lowest BCUT2D eigenvalue weighted by Crippen LogP contribution is -2.40. The summed E-state index contributed by atoms with van der Waals surface area (Å²) >= 11 is 0. The Kier molecular flexibility index (Phi) is 11.3. The van der Waals surface area contributed by atoms with Gasteiger partial charge in [0.05, 0.1) is 4.92 Å². The number of guanidine groups is 1. The maximum Gasteiger partial charge on any atom is 0.292 e. The van der Waals surface area contributed by atoms with Crippen LogP contribution in [0.4, 0.5) is 11.4 Å². The lowest BCUT2D eigenvalue weighted by molar-refractivity contribution is -0.384. The second kappa shape index (κ2) is 13.4. The van der Waals surface area contributed by atoms with E-state index in [1.807, 2.05) is 24.3 Å². The first kappa shape index (κ1) is 26.1. The van der Waals surface area contributed by atoms with Crippen LogP contribution in [-0.4, -0.2) is 62.5 Å². The number of anilines is 1. The van der Waals surface area contributed by atoms with Gasteiger partial charge in [-0.1, -0.05) is 24.3 Å². The highest BCUT2D eigenvalue weighted by molar-refractivity contribution is 14.0. The Bertz CT molecular complexity index is 904. The van der Waals surface area contributed by atoms with E-state index in [-0.39, 0.29) is 35.6 Å². The Morgan fingerprint density at radius 3 is 2.45 bits per heavy atom. The molecule has 0 aliphatic heterocycles. The van der Waals surface area contributed by atoms with Gasteiger partial charge in [-0.05, 0) is 30.2 Å². The molecule has 3 N–H and O–H groups in total. The maximum atomic E-state index is 12.1. The first-order valence-electron chi connectivity index (χ1n) is 9.64. The third-order valence-electron chi connectivity index (χ3n) is 4.34. The van der Waals surface area contributed by atoms with E-state index in [4.69, 9.17) is 0 Å². The van der Waals surface area contributed by atoms with Crippen LogP contribution < -0.4 is 16.0 Å². The maximum absolute atomic E-state index is 12.1. The van der Waals surface area contributed by atoms with Gasteiger partial charge in [0, 0.05) is 52.4 Å². The highest BCUT2D eigenvalue weighted by Crippen LogP contribution is 2.22. The Labute approximate surface area is 199 Å². The van der Waals surface area contributed by atoms with E-state index in [2.05, 4.69) is 20.9 Å². The summed E-state index contributed by atoms with van der Waals surface area (Å²) in [6.07, 6.45) is 0.740. The Morgan fingerprint density at radius 2 is 1.77 bits per heavy atom. The lowest BCUT2D eigenvalue weighted by atomic mass is 10.1. The summed E-state index contributed by atoms with van der Waals surface area (Å²) in [6.45, 7) is 1.69. The van der Waals surface area contributed by atoms with Crippen molar-refractivity contribution in [2.75, 3.05) is 46.1 Å². The van der Waals surface area contributed by atoms with Crippen molar-refractivity contribution in [3.8, 4) is 0 Å². The van der Waals surface area contributed by atoms with Crippen LogP contribution in [0, 0.1) is 10.1 Å². The SMILES string of the molecule is CN=C(NCCNc1ccccc1[N+](=O)[O-])NCCc1cccc(C(=O)N(C)C)c1.I. The van der Waals surface area contributed by atoms with E-state index >= 15 is 0 Å². The fraction of sp³-hybridized carbons (Fsp3) is 0.333. The summed E-state index contributed by atoms with van der Waals surface area (Å²) in [6, 6.07) is 14.1. The molecule has 31 heavy (non-hydrogen) atoms. The second-order valence-electron chi connectivity index (χ2n) is 6.78. The summed E-state index contributed by atoms with van der Waals surface area (Å²) in [7, 11) is 5.15. The lowest BCUT2D eigenvalue weighted by Gasteiger charge is -2.14. The molecule has 0 aliphatic rings. The number of amides is 1. The molecular weight excluding hydrogens is 511 g/mol. The summed E-state index contributed by atoms with van der Waals surface area (Å²) in [4.78, 5) is 28.4. The molecule has 0 spiro atoms. The smallest absolute Gasteiger partial charge is 0.292 e. The number of nitro groups is 1. The topological polar surface area (TPSA) is 112 Å². The molecule has 0 saturated heterocycles. The predicted octanol–water partition coefficient (Wildman–Crippen LogP) is 2.73. The molecule has 0 aromatic heterocycles. The minimum absolute atomic E-state index is 0. The fourth-order valence-corrected chi connectivity index (χ4v) is 2.82. The average Bonchev–Trinajstić information content (AvgIpc) is 2.75. The summed E-state index contributed by atoms with van der Waals surface area (Å²) in [5.74, 6) is 0.619. The largest absolute Gasteiger partial charge is 0.378 e.